The molecule has 3 aliphatic rings. The number of carbonyl (C=O) groups excluding carboxylic acids is 1. The molecule has 0 spiro atoms. The minimum atomic E-state index is -4.27. The maximum atomic E-state index is 13.3. The maximum absolute atomic E-state index is 13.3. The van der Waals surface area contributed by atoms with Crippen molar-refractivity contribution >= 4 is 29.5 Å². The summed E-state index contributed by atoms with van der Waals surface area (Å²) in [7, 11) is 0. The van der Waals surface area contributed by atoms with Crippen LogP contribution in [0.5, 0.6) is 0 Å². The Bertz CT molecular complexity index is 1240. The SMILES string of the molecule is CCn1cc(SNC(=O)c2ccc(N3C=CC(OCC4(C(F)(F)F)CC4)N3)nc2N2CC(C)CC2(C)C)cn1. The molecule has 2 atom stereocenters. The number of hydrogen-bond acceptors (Lipinski definition) is 8. The van der Waals surface area contributed by atoms with Gasteiger partial charge in [-0.25, -0.2) is 4.98 Å². The number of halogens is 3. The number of pyridine rings is 1. The standard InChI is InChI=1S/C26H34F3N7O2S/c1-5-34-15-18(13-30-34)39-33-23(37)19-6-7-20(31-22(19)35-14-17(2)12-24(35,3)4)36-11-8-21(32-36)38-16-25(9-10-25)26(27,28)29/h6-8,11,13,15,17,21,32H,5,9-10,12,14,16H2,1-4H3,(H,33,37). The zero-order chi connectivity index (χ0) is 28.0. The largest absolute Gasteiger partial charge is 0.396 e. The Morgan fingerprint density at radius 2 is 2.08 bits per heavy atom. The average Bonchev–Trinajstić information content (AvgIpc) is 3.21. The number of ether oxygens (including phenoxy) is 1. The van der Waals surface area contributed by atoms with E-state index in [1.54, 1.807) is 40.3 Å². The van der Waals surface area contributed by atoms with Gasteiger partial charge in [0.05, 0.1) is 28.7 Å². The zero-order valence-corrected chi connectivity index (χ0v) is 23.3. The fraction of sp³-hybridized carbons (Fsp3) is 0.577. The molecule has 2 aliphatic heterocycles. The number of carbonyl (C=O) groups is 1. The summed E-state index contributed by atoms with van der Waals surface area (Å²) in [6, 6.07) is 3.44. The molecule has 1 amide bonds. The van der Waals surface area contributed by atoms with Crippen LogP contribution in [-0.2, 0) is 11.3 Å². The van der Waals surface area contributed by atoms with Crippen LogP contribution in [0.1, 0.15) is 57.3 Å². The number of hydrazine groups is 1. The van der Waals surface area contributed by atoms with Crippen LogP contribution >= 0.6 is 11.9 Å². The third-order valence-electron chi connectivity index (χ3n) is 7.55. The van der Waals surface area contributed by atoms with Gasteiger partial charge in [-0.15, -0.1) is 0 Å². The van der Waals surface area contributed by atoms with Crippen molar-refractivity contribution in [3.8, 4) is 0 Å². The van der Waals surface area contributed by atoms with E-state index in [9.17, 15) is 18.0 Å². The van der Waals surface area contributed by atoms with E-state index in [-0.39, 0.29) is 24.3 Å². The Morgan fingerprint density at radius 3 is 2.69 bits per heavy atom. The fourth-order valence-corrected chi connectivity index (χ4v) is 5.77. The van der Waals surface area contributed by atoms with Crippen molar-refractivity contribution in [3.63, 3.8) is 0 Å². The molecule has 2 N–H and O–H groups in total. The van der Waals surface area contributed by atoms with Crippen LogP contribution in [0.15, 0.2) is 41.7 Å². The molecule has 2 fully saturated rings. The van der Waals surface area contributed by atoms with E-state index in [1.807, 2.05) is 13.1 Å². The summed E-state index contributed by atoms with van der Waals surface area (Å²) in [6.45, 7) is 9.52. The van der Waals surface area contributed by atoms with Gasteiger partial charge in [0, 0.05) is 31.0 Å². The smallest absolute Gasteiger partial charge is 0.357 e. The lowest BCUT2D eigenvalue weighted by atomic mass is 9.97. The van der Waals surface area contributed by atoms with Gasteiger partial charge in [0.15, 0.2) is 0 Å². The van der Waals surface area contributed by atoms with Gasteiger partial charge < -0.3 is 9.64 Å². The Labute approximate surface area is 230 Å². The highest BCUT2D eigenvalue weighted by Gasteiger charge is 2.63. The first-order valence-electron chi connectivity index (χ1n) is 13.1. The number of anilines is 2. The Hall–Kier alpha value is -2.77. The number of aromatic nitrogens is 3. The van der Waals surface area contributed by atoms with Crippen LogP contribution in [0.2, 0.25) is 0 Å². The number of amides is 1. The van der Waals surface area contributed by atoms with Crippen molar-refractivity contribution in [2.75, 3.05) is 23.1 Å². The molecule has 5 rings (SSSR count). The molecule has 0 aromatic carbocycles. The minimum absolute atomic E-state index is 0.0916. The summed E-state index contributed by atoms with van der Waals surface area (Å²) in [6.07, 6.45) is 3.06. The number of hydrogen-bond donors (Lipinski definition) is 2. The van der Waals surface area contributed by atoms with Crippen LogP contribution in [0.4, 0.5) is 24.8 Å². The van der Waals surface area contributed by atoms with E-state index < -0.39 is 24.4 Å². The van der Waals surface area contributed by atoms with Crippen LogP contribution in [0, 0.1) is 11.3 Å². The van der Waals surface area contributed by atoms with E-state index in [0.717, 1.165) is 24.4 Å². The third-order valence-corrected chi connectivity index (χ3v) is 8.28. The molecule has 2 unspecified atom stereocenters. The molecule has 39 heavy (non-hydrogen) atoms. The van der Waals surface area contributed by atoms with Gasteiger partial charge >= 0.3 is 6.18 Å². The number of nitrogens with one attached hydrogen (secondary N) is 2. The molecular formula is C26H34F3N7O2S. The first-order chi connectivity index (χ1) is 18.4. The average molecular weight is 566 g/mol. The van der Waals surface area contributed by atoms with Gasteiger partial charge in [0.2, 0.25) is 0 Å². The minimum Gasteiger partial charge on any atom is -0.357 e. The highest BCUT2D eigenvalue weighted by Crippen LogP contribution is 2.57. The molecule has 0 radical (unpaired) electrons. The summed E-state index contributed by atoms with van der Waals surface area (Å²) >= 11 is 1.20. The van der Waals surface area contributed by atoms with E-state index in [1.165, 1.54) is 11.9 Å². The lowest BCUT2D eigenvalue weighted by Gasteiger charge is -2.34. The first kappa shape index (κ1) is 27.8. The monoisotopic (exact) mass is 565 g/mol. The molecule has 4 heterocycles. The molecule has 2 aromatic heterocycles. The lowest BCUT2D eigenvalue weighted by Crippen LogP contribution is -2.42. The van der Waals surface area contributed by atoms with Crippen LogP contribution in [-0.4, -0.2) is 51.8 Å². The van der Waals surface area contributed by atoms with E-state index in [4.69, 9.17) is 9.72 Å². The molecule has 13 heteroatoms. The van der Waals surface area contributed by atoms with E-state index in [0.29, 0.717) is 23.1 Å². The second kappa shape index (κ2) is 10.3. The summed E-state index contributed by atoms with van der Waals surface area (Å²) in [4.78, 5) is 21.2. The van der Waals surface area contributed by atoms with Gasteiger partial charge in [-0.1, -0.05) is 6.92 Å². The van der Waals surface area contributed by atoms with Crippen molar-refractivity contribution in [1.29, 1.82) is 0 Å². The molecular weight excluding hydrogens is 531 g/mol. The summed E-state index contributed by atoms with van der Waals surface area (Å²) in [5.41, 5.74) is 1.53. The predicted octanol–water partition coefficient (Wildman–Crippen LogP) is 4.88. The topological polar surface area (TPSA) is 87.5 Å². The highest BCUT2D eigenvalue weighted by molar-refractivity contribution is 7.98. The third kappa shape index (κ3) is 5.75. The zero-order valence-electron chi connectivity index (χ0n) is 22.5. The van der Waals surface area contributed by atoms with Gasteiger partial charge in [-0.2, -0.15) is 23.7 Å². The molecule has 9 nitrogen and oxygen atoms in total. The van der Waals surface area contributed by atoms with Gasteiger partial charge in [-0.05, 0) is 76.1 Å². The fourth-order valence-electron chi connectivity index (χ4n) is 5.18. The van der Waals surface area contributed by atoms with Crippen LogP contribution in [0.25, 0.3) is 0 Å². The van der Waals surface area contributed by atoms with E-state index in [2.05, 4.69) is 40.9 Å². The first-order valence-corrected chi connectivity index (χ1v) is 13.9. The molecule has 2 aromatic rings. The van der Waals surface area contributed by atoms with Crippen LogP contribution < -0.4 is 20.1 Å². The molecule has 1 saturated heterocycles. The van der Waals surface area contributed by atoms with Crippen molar-refractivity contribution in [2.24, 2.45) is 11.3 Å². The number of alkyl halides is 3. The van der Waals surface area contributed by atoms with Crippen molar-refractivity contribution in [1.82, 2.24) is 24.9 Å². The quantitative estimate of drug-likeness (QED) is 0.416. The molecule has 1 saturated carbocycles. The Balaban J connectivity index is 1.32. The van der Waals surface area contributed by atoms with Gasteiger partial charge in [-0.3, -0.25) is 19.2 Å². The normalized spacial score (nSPS) is 23.5. The van der Waals surface area contributed by atoms with Gasteiger partial charge in [0.1, 0.15) is 17.9 Å². The van der Waals surface area contributed by atoms with Crippen molar-refractivity contribution in [3.05, 3.63) is 42.4 Å². The lowest BCUT2D eigenvalue weighted by molar-refractivity contribution is -0.204. The maximum Gasteiger partial charge on any atom is 0.396 e. The van der Waals surface area contributed by atoms with Crippen molar-refractivity contribution < 1.29 is 22.7 Å². The summed E-state index contributed by atoms with van der Waals surface area (Å²) in [5.74, 6) is 1.20. The molecule has 1 aliphatic carbocycles. The Kier molecular flexibility index (Phi) is 7.36. The van der Waals surface area contributed by atoms with Crippen LogP contribution in [0.3, 0.4) is 0 Å². The highest BCUT2D eigenvalue weighted by atomic mass is 32.2. The Morgan fingerprint density at radius 1 is 1.31 bits per heavy atom. The molecule has 0 bridgehead atoms. The predicted molar refractivity (Wildman–Crippen MR) is 143 cm³/mol. The van der Waals surface area contributed by atoms with E-state index >= 15 is 0 Å². The van der Waals surface area contributed by atoms with Gasteiger partial charge in [0.25, 0.3) is 5.91 Å². The number of rotatable bonds is 9. The second-order valence-corrected chi connectivity index (χ2v) is 12.1. The second-order valence-electron chi connectivity index (χ2n) is 11.2. The van der Waals surface area contributed by atoms with Crippen molar-refractivity contribution in [2.45, 2.75) is 76.3 Å². The molecule has 212 valence electrons. The summed E-state index contributed by atoms with van der Waals surface area (Å²) in [5, 5.41) is 5.85. The number of aryl methyl sites for hydroxylation is 1. The number of nitrogens with zero attached hydrogens (tertiary/aromatic N) is 5. The summed E-state index contributed by atoms with van der Waals surface area (Å²) < 4.78 is 50.1.